The Morgan fingerprint density at radius 1 is 1.36 bits per heavy atom. The molecule has 0 aliphatic carbocycles. The largest absolute Gasteiger partial charge is 0.374 e. The van der Waals surface area contributed by atoms with E-state index in [-0.39, 0.29) is 0 Å². The normalized spacial score (nSPS) is 9.73. The van der Waals surface area contributed by atoms with Crippen LogP contribution < -0.4 is 4.90 Å². The average molecular weight is 167 g/mol. The van der Waals surface area contributed by atoms with Crippen LogP contribution in [0.2, 0.25) is 0 Å². The Hall–Kier alpha value is -0.630. The molecule has 0 amide bonds. The smallest absolute Gasteiger partial charge is 0.0499 e. The van der Waals surface area contributed by atoms with Gasteiger partial charge >= 0.3 is 0 Å². The molecule has 0 aliphatic heterocycles. The molecule has 1 nitrogen and oxygen atoms in total. The molecule has 0 atom stereocenters. The van der Waals surface area contributed by atoms with Gasteiger partial charge in [0.2, 0.25) is 0 Å². The van der Waals surface area contributed by atoms with Crippen molar-refractivity contribution in [1.82, 2.24) is 0 Å². The number of thiol groups is 1. The van der Waals surface area contributed by atoms with Gasteiger partial charge in [-0.2, -0.15) is 0 Å². The summed E-state index contributed by atoms with van der Waals surface area (Å²) in [4.78, 5) is 3.21. The molecule has 1 aromatic carbocycles. The molecule has 60 valence electrons. The lowest BCUT2D eigenvalue weighted by atomic mass is 10.3. The van der Waals surface area contributed by atoms with Crippen LogP contribution in [-0.4, -0.2) is 13.6 Å². The summed E-state index contributed by atoms with van der Waals surface area (Å²) >= 11 is 4.35. The summed E-state index contributed by atoms with van der Waals surface area (Å²) in [7, 11) is 2.06. The first-order valence-corrected chi connectivity index (χ1v) is 4.19. The molecule has 0 heterocycles. The zero-order chi connectivity index (χ0) is 8.27. The highest BCUT2D eigenvalue weighted by Gasteiger charge is 1.99. The second-order valence-corrected chi connectivity index (χ2v) is 2.98. The van der Waals surface area contributed by atoms with Crippen molar-refractivity contribution in [3.05, 3.63) is 24.3 Å². The lowest BCUT2D eigenvalue weighted by molar-refractivity contribution is 0.953. The van der Waals surface area contributed by atoms with E-state index in [0.29, 0.717) is 0 Å². The molecule has 1 rings (SSSR count). The van der Waals surface area contributed by atoms with E-state index in [2.05, 4.69) is 37.6 Å². The predicted molar refractivity (Wildman–Crippen MR) is 52.6 cm³/mol. The van der Waals surface area contributed by atoms with Gasteiger partial charge in [-0.1, -0.05) is 12.1 Å². The molecule has 2 heteroatoms. The number of hydrogen-bond acceptors (Lipinski definition) is 2. The Morgan fingerprint density at radius 2 is 2.00 bits per heavy atom. The third-order valence-corrected chi connectivity index (χ3v) is 2.15. The second kappa shape index (κ2) is 3.67. The van der Waals surface area contributed by atoms with Crippen molar-refractivity contribution in [2.75, 3.05) is 18.5 Å². The molecule has 0 spiro atoms. The number of hydrogen-bond donors (Lipinski definition) is 1. The molecule has 0 unspecified atom stereocenters. The Bertz CT molecular complexity index is 235. The monoisotopic (exact) mass is 167 g/mol. The fourth-order valence-corrected chi connectivity index (χ4v) is 1.29. The molecular formula is C9H13NS. The van der Waals surface area contributed by atoms with Gasteiger partial charge in [0.25, 0.3) is 0 Å². The average Bonchev–Trinajstić information content (AvgIpc) is 2.04. The molecular weight excluding hydrogens is 154 g/mol. The molecule has 0 bridgehead atoms. The van der Waals surface area contributed by atoms with E-state index in [1.165, 1.54) is 5.69 Å². The van der Waals surface area contributed by atoms with Gasteiger partial charge in [-0.3, -0.25) is 0 Å². The fraction of sp³-hybridized carbons (Fsp3) is 0.333. The lowest BCUT2D eigenvalue weighted by Gasteiger charge is -2.18. The molecule has 0 aromatic heterocycles. The minimum atomic E-state index is 1.01. The summed E-state index contributed by atoms with van der Waals surface area (Å²) in [5, 5.41) is 0. The van der Waals surface area contributed by atoms with Crippen molar-refractivity contribution in [3.8, 4) is 0 Å². The first-order chi connectivity index (χ1) is 5.25. The maximum Gasteiger partial charge on any atom is 0.0499 e. The highest BCUT2D eigenvalue weighted by molar-refractivity contribution is 7.80. The van der Waals surface area contributed by atoms with Gasteiger partial charge in [-0.05, 0) is 19.1 Å². The third-order valence-electron chi connectivity index (χ3n) is 1.77. The Kier molecular flexibility index (Phi) is 2.83. The summed E-state index contributed by atoms with van der Waals surface area (Å²) in [5.74, 6) is 0. The van der Waals surface area contributed by atoms with Crippen molar-refractivity contribution in [3.63, 3.8) is 0 Å². The maximum absolute atomic E-state index is 4.35. The topological polar surface area (TPSA) is 3.24 Å². The van der Waals surface area contributed by atoms with Crippen LogP contribution in [0.3, 0.4) is 0 Å². The van der Waals surface area contributed by atoms with E-state index in [1.807, 2.05) is 18.2 Å². The Balaban J connectivity index is 2.93. The van der Waals surface area contributed by atoms with Crippen molar-refractivity contribution in [1.29, 1.82) is 0 Å². The van der Waals surface area contributed by atoms with Crippen LogP contribution in [0.15, 0.2) is 29.2 Å². The summed E-state index contributed by atoms with van der Waals surface area (Å²) in [5.41, 5.74) is 1.19. The van der Waals surface area contributed by atoms with Gasteiger partial charge in [0.05, 0.1) is 0 Å². The van der Waals surface area contributed by atoms with Crippen LogP contribution in [0, 0.1) is 0 Å². The fourth-order valence-electron chi connectivity index (χ4n) is 0.957. The number of rotatable bonds is 2. The van der Waals surface area contributed by atoms with E-state index < -0.39 is 0 Å². The Labute approximate surface area is 73.4 Å². The summed E-state index contributed by atoms with van der Waals surface area (Å²) in [6.07, 6.45) is 0. The lowest BCUT2D eigenvalue weighted by Crippen LogP contribution is -2.15. The van der Waals surface area contributed by atoms with Crippen LogP contribution >= 0.6 is 12.6 Å². The van der Waals surface area contributed by atoms with Crippen LogP contribution in [0.4, 0.5) is 5.69 Å². The standard InChI is InChI=1S/C9H13NS/c1-3-10(2)8-6-4-5-7-9(8)11/h4-7,11H,3H2,1-2H3. The van der Waals surface area contributed by atoms with E-state index in [0.717, 1.165) is 11.4 Å². The summed E-state index contributed by atoms with van der Waals surface area (Å²) in [6.45, 7) is 3.14. The third kappa shape index (κ3) is 1.90. The quantitative estimate of drug-likeness (QED) is 0.662. The highest BCUT2D eigenvalue weighted by Crippen LogP contribution is 2.21. The molecule has 0 saturated heterocycles. The van der Waals surface area contributed by atoms with Gasteiger partial charge in [0.1, 0.15) is 0 Å². The first kappa shape index (κ1) is 8.47. The molecule has 0 N–H and O–H groups in total. The SMILES string of the molecule is CCN(C)c1ccccc1S. The van der Waals surface area contributed by atoms with Gasteiger partial charge in [-0.15, -0.1) is 12.6 Å². The molecule has 0 aliphatic rings. The highest BCUT2D eigenvalue weighted by atomic mass is 32.1. The van der Waals surface area contributed by atoms with E-state index >= 15 is 0 Å². The van der Waals surface area contributed by atoms with E-state index in [1.54, 1.807) is 0 Å². The minimum Gasteiger partial charge on any atom is -0.374 e. The predicted octanol–water partition coefficient (Wildman–Crippen LogP) is 2.43. The molecule has 1 aromatic rings. The van der Waals surface area contributed by atoms with Crippen LogP contribution in [0.5, 0.6) is 0 Å². The van der Waals surface area contributed by atoms with Crippen molar-refractivity contribution >= 4 is 18.3 Å². The Morgan fingerprint density at radius 3 is 2.55 bits per heavy atom. The van der Waals surface area contributed by atoms with Crippen LogP contribution in [0.1, 0.15) is 6.92 Å². The minimum absolute atomic E-state index is 1.01. The van der Waals surface area contributed by atoms with Gasteiger partial charge in [-0.25, -0.2) is 0 Å². The second-order valence-electron chi connectivity index (χ2n) is 2.50. The summed E-state index contributed by atoms with van der Waals surface area (Å²) in [6, 6.07) is 8.10. The van der Waals surface area contributed by atoms with E-state index in [9.17, 15) is 0 Å². The molecule has 11 heavy (non-hydrogen) atoms. The number of nitrogens with zero attached hydrogens (tertiary/aromatic N) is 1. The van der Waals surface area contributed by atoms with Crippen molar-refractivity contribution in [2.45, 2.75) is 11.8 Å². The number of benzene rings is 1. The molecule has 0 radical (unpaired) electrons. The zero-order valence-electron chi connectivity index (χ0n) is 6.91. The van der Waals surface area contributed by atoms with E-state index in [4.69, 9.17) is 0 Å². The zero-order valence-corrected chi connectivity index (χ0v) is 7.81. The summed E-state index contributed by atoms with van der Waals surface area (Å²) < 4.78 is 0. The van der Waals surface area contributed by atoms with Crippen LogP contribution in [-0.2, 0) is 0 Å². The molecule has 0 saturated carbocycles. The maximum atomic E-state index is 4.35. The van der Waals surface area contributed by atoms with Crippen molar-refractivity contribution in [2.24, 2.45) is 0 Å². The number of anilines is 1. The van der Waals surface area contributed by atoms with Gasteiger partial charge in [0, 0.05) is 24.2 Å². The number of para-hydroxylation sites is 1. The van der Waals surface area contributed by atoms with Crippen LogP contribution in [0.25, 0.3) is 0 Å². The van der Waals surface area contributed by atoms with Gasteiger partial charge in [0.15, 0.2) is 0 Å². The van der Waals surface area contributed by atoms with Gasteiger partial charge < -0.3 is 4.90 Å². The van der Waals surface area contributed by atoms with Crippen molar-refractivity contribution < 1.29 is 0 Å². The first-order valence-electron chi connectivity index (χ1n) is 3.75. The molecule has 0 fully saturated rings.